The summed E-state index contributed by atoms with van der Waals surface area (Å²) in [7, 11) is 0. The predicted molar refractivity (Wildman–Crippen MR) is 101 cm³/mol. The number of nitrogens with one attached hydrogen (secondary N) is 2. The van der Waals surface area contributed by atoms with Crippen LogP contribution in [0.3, 0.4) is 0 Å². The molecule has 0 aliphatic heterocycles. The Labute approximate surface area is 156 Å². The van der Waals surface area contributed by atoms with Gasteiger partial charge in [-0.2, -0.15) is 23.4 Å². The molecule has 0 atom stereocenters. The van der Waals surface area contributed by atoms with Crippen LogP contribution in [0.2, 0.25) is 0 Å². The fraction of sp³-hybridized carbons (Fsp3) is 0.0526. The predicted octanol–water partition coefficient (Wildman–Crippen LogP) is 4.64. The Kier molecular flexibility index (Phi) is 4.07. The molecular weight excluding hydrogens is 369 g/mol. The van der Waals surface area contributed by atoms with Crippen LogP contribution in [-0.2, 0) is 6.18 Å². The second kappa shape index (κ2) is 6.45. The van der Waals surface area contributed by atoms with Gasteiger partial charge >= 0.3 is 6.18 Å². The number of alkyl halides is 3. The van der Waals surface area contributed by atoms with Crippen molar-refractivity contribution in [2.24, 2.45) is 4.99 Å². The van der Waals surface area contributed by atoms with E-state index in [4.69, 9.17) is 0 Å². The van der Waals surface area contributed by atoms with Crippen LogP contribution in [0.4, 0.5) is 13.2 Å². The molecule has 0 aliphatic rings. The average Bonchev–Trinajstić information content (AvgIpc) is 3.33. The Morgan fingerprint density at radius 3 is 2.75 bits per heavy atom. The van der Waals surface area contributed by atoms with E-state index in [-0.39, 0.29) is 11.3 Å². The molecule has 0 amide bonds. The van der Waals surface area contributed by atoms with E-state index in [2.05, 4.69) is 43.5 Å². The van der Waals surface area contributed by atoms with Gasteiger partial charge in [-0.25, -0.2) is 4.98 Å². The largest absolute Gasteiger partial charge is 0.435 e. The first-order valence-electron chi connectivity index (χ1n) is 8.13. The highest BCUT2D eigenvalue weighted by Gasteiger charge is 2.37. The van der Waals surface area contributed by atoms with E-state index in [1.165, 1.54) is 18.5 Å². The van der Waals surface area contributed by atoms with E-state index in [1.807, 2.05) is 0 Å². The molecule has 3 aromatic heterocycles. The lowest BCUT2D eigenvalue weighted by Gasteiger charge is -2.11. The van der Waals surface area contributed by atoms with Crippen LogP contribution in [0.5, 0.6) is 0 Å². The van der Waals surface area contributed by atoms with Gasteiger partial charge in [-0.1, -0.05) is 13.2 Å². The van der Waals surface area contributed by atoms with Crippen LogP contribution >= 0.6 is 0 Å². The molecule has 0 fully saturated rings. The zero-order valence-corrected chi connectivity index (χ0v) is 14.4. The van der Waals surface area contributed by atoms with Gasteiger partial charge in [0.2, 0.25) is 0 Å². The van der Waals surface area contributed by atoms with E-state index in [0.717, 1.165) is 10.9 Å². The van der Waals surface area contributed by atoms with E-state index in [0.29, 0.717) is 22.2 Å². The second-order valence-corrected chi connectivity index (χ2v) is 5.89. The first-order valence-corrected chi connectivity index (χ1v) is 8.13. The van der Waals surface area contributed by atoms with Crippen LogP contribution in [-0.4, -0.2) is 31.1 Å². The van der Waals surface area contributed by atoms with Crippen molar-refractivity contribution in [1.29, 1.82) is 0 Å². The van der Waals surface area contributed by atoms with Crippen molar-refractivity contribution in [2.45, 2.75) is 6.18 Å². The molecule has 9 heteroatoms. The number of aliphatic imine (C=N–C) groups is 1. The van der Waals surface area contributed by atoms with Crippen LogP contribution in [0, 0.1) is 0 Å². The van der Waals surface area contributed by atoms with E-state index >= 15 is 0 Å². The van der Waals surface area contributed by atoms with Crippen LogP contribution in [0.15, 0.2) is 61.0 Å². The Morgan fingerprint density at radius 1 is 1.21 bits per heavy atom. The van der Waals surface area contributed by atoms with E-state index < -0.39 is 11.9 Å². The molecule has 0 aliphatic carbocycles. The third-order valence-corrected chi connectivity index (χ3v) is 4.28. The number of pyridine rings is 1. The summed E-state index contributed by atoms with van der Waals surface area (Å²) in [6.07, 6.45) is 1.05. The van der Waals surface area contributed by atoms with Crippen molar-refractivity contribution in [3.05, 3.63) is 67.3 Å². The summed E-state index contributed by atoms with van der Waals surface area (Å²) in [6, 6.07) is 5.02. The number of allylic oxidation sites excluding steroid dienone is 1. The number of aromatic amines is 2. The fourth-order valence-corrected chi connectivity index (χ4v) is 3.12. The average molecular weight is 382 g/mol. The summed E-state index contributed by atoms with van der Waals surface area (Å²) in [5, 5.41) is 14.0. The summed E-state index contributed by atoms with van der Waals surface area (Å²) in [4.78, 5) is 8.65. The Morgan fingerprint density at radius 2 is 2.04 bits per heavy atom. The lowest BCUT2D eigenvalue weighted by atomic mass is 9.98. The number of aromatic nitrogens is 5. The summed E-state index contributed by atoms with van der Waals surface area (Å²) in [6.45, 7) is 7.35. The van der Waals surface area contributed by atoms with Gasteiger partial charge in [0.1, 0.15) is 0 Å². The Bertz CT molecular complexity index is 1250. The van der Waals surface area contributed by atoms with Crippen molar-refractivity contribution < 1.29 is 13.2 Å². The number of hydrogen-bond donors (Lipinski definition) is 2. The Balaban J connectivity index is 2.10. The first kappa shape index (κ1) is 17.7. The van der Waals surface area contributed by atoms with Crippen LogP contribution < -0.4 is 0 Å². The molecule has 0 spiro atoms. The zero-order chi connectivity index (χ0) is 19.9. The molecule has 4 aromatic rings. The van der Waals surface area contributed by atoms with Crippen LogP contribution in [0.1, 0.15) is 11.3 Å². The zero-order valence-electron chi connectivity index (χ0n) is 14.4. The maximum absolute atomic E-state index is 13.3. The molecule has 28 heavy (non-hydrogen) atoms. The Hall–Kier alpha value is -3.75. The molecule has 140 valence electrons. The monoisotopic (exact) mass is 382 g/mol. The highest BCUT2D eigenvalue weighted by atomic mass is 19.4. The number of benzene rings is 1. The molecule has 4 rings (SSSR count). The smallest absolute Gasteiger partial charge is 0.284 e. The number of fused-ring (bicyclic) bond motifs is 3. The molecule has 0 saturated heterocycles. The van der Waals surface area contributed by atoms with Gasteiger partial charge < -0.3 is 0 Å². The van der Waals surface area contributed by atoms with Crippen molar-refractivity contribution in [3.63, 3.8) is 0 Å². The molecule has 3 heterocycles. The van der Waals surface area contributed by atoms with Crippen molar-refractivity contribution in [1.82, 2.24) is 25.4 Å². The van der Waals surface area contributed by atoms with Gasteiger partial charge in [-0.3, -0.25) is 15.2 Å². The molecule has 6 nitrogen and oxygen atoms in total. The molecule has 1 aromatic carbocycles. The highest BCUT2D eigenvalue weighted by molar-refractivity contribution is 6.22. The minimum absolute atomic E-state index is 0.116. The molecule has 0 unspecified atom stereocenters. The van der Waals surface area contributed by atoms with Gasteiger partial charge in [-0.15, -0.1) is 0 Å². The maximum Gasteiger partial charge on any atom is 0.435 e. The minimum atomic E-state index is -4.61. The summed E-state index contributed by atoms with van der Waals surface area (Å²) < 4.78 is 40.0. The SMILES string of the molecule is C=C/N=C(\C=C)c1cc(-c2c[nH]nc2C(F)(F)F)nc2ccc3[nH]ncc3c12. The topological polar surface area (TPSA) is 82.6 Å². The van der Waals surface area contributed by atoms with Gasteiger partial charge in [0.15, 0.2) is 5.69 Å². The molecule has 2 N–H and O–H groups in total. The first-order chi connectivity index (χ1) is 13.4. The van der Waals surface area contributed by atoms with Crippen molar-refractivity contribution in [3.8, 4) is 11.3 Å². The minimum Gasteiger partial charge on any atom is -0.284 e. The second-order valence-electron chi connectivity index (χ2n) is 5.89. The van der Waals surface area contributed by atoms with Crippen molar-refractivity contribution in [2.75, 3.05) is 0 Å². The summed E-state index contributed by atoms with van der Waals surface area (Å²) >= 11 is 0. The maximum atomic E-state index is 13.3. The summed E-state index contributed by atoms with van der Waals surface area (Å²) in [5.41, 5.74) is 1.22. The molecule has 0 radical (unpaired) electrons. The van der Waals surface area contributed by atoms with Gasteiger partial charge in [-0.05, 0) is 24.3 Å². The van der Waals surface area contributed by atoms with Gasteiger partial charge in [0, 0.05) is 28.7 Å². The van der Waals surface area contributed by atoms with Crippen LogP contribution in [0.25, 0.3) is 33.1 Å². The van der Waals surface area contributed by atoms with E-state index in [1.54, 1.807) is 24.4 Å². The van der Waals surface area contributed by atoms with E-state index in [9.17, 15) is 13.2 Å². The number of rotatable bonds is 4. The number of hydrogen-bond acceptors (Lipinski definition) is 4. The third kappa shape index (κ3) is 2.77. The number of nitrogens with zero attached hydrogens (tertiary/aromatic N) is 4. The van der Waals surface area contributed by atoms with Gasteiger partial charge in [0.25, 0.3) is 0 Å². The summed E-state index contributed by atoms with van der Waals surface area (Å²) in [5.74, 6) is 0. The number of H-pyrrole nitrogens is 2. The number of halogens is 3. The third-order valence-electron chi connectivity index (χ3n) is 4.28. The lowest BCUT2D eigenvalue weighted by molar-refractivity contribution is -0.140. The lowest BCUT2D eigenvalue weighted by Crippen LogP contribution is -2.08. The highest BCUT2D eigenvalue weighted by Crippen LogP contribution is 2.37. The van der Waals surface area contributed by atoms with Gasteiger partial charge in [0.05, 0.1) is 34.2 Å². The normalized spacial score (nSPS) is 12.6. The molecule has 0 saturated carbocycles. The standard InChI is InChI=1S/C19H13F3N6/c1-3-13(23-4-2)10-7-16(12-9-25-28-18(12)19(20,21)22)26-15-6-5-14-11(17(10)15)8-24-27-14/h3-9H,1-2H2,(H,24,27)(H,25,28)/b23-13+. The van der Waals surface area contributed by atoms with Crippen molar-refractivity contribution >= 4 is 27.5 Å². The quantitative estimate of drug-likeness (QED) is 0.505. The molecular formula is C19H13F3N6. The molecule has 0 bridgehead atoms. The fourth-order valence-electron chi connectivity index (χ4n) is 3.12.